The molecule has 6 nitrogen and oxygen atoms in total. The number of hydrogen-bond acceptors (Lipinski definition) is 4. The summed E-state index contributed by atoms with van der Waals surface area (Å²) in [7, 11) is 1.25. The third-order valence-corrected chi connectivity index (χ3v) is 3.51. The van der Waals surface area contributed by atoms with Crippen molar-refractivity contribution in [1.29, 1.82) is 0 Å². The van der Waals surface area contributed by atoms with E-state index in [9.17, 15) is 9.59 Å². The number of hydrogen-bond donors (Lipinski definition) is 1. The third kappa shape index (κ3) is 3.38. The molecule has 3 aromatic rings. The van der Waals surface area contributed by atoms with Crippen LogP contribution in [0.15, 0.2) is 65.5 Å². The summed E-state index contributed by atoms with van der Waals surface area (Å²) in [4.78, 5) is 23.7. The lowest BCUT2D eigenvalue weighted by molar-refractivity contribution is -0.115. The highest BCUT2D eigenvalue weighted by Crippen LogP contribution is 2.18. The summed E-state index contributed by atoms with van der Waals surface area (Å²) in [5, 5.41) is 2.66. The van der Waals surface area contributed by atoms with Crippen LogP contribution >= 0.6 is 0 Å². The summed E-state index contributed by atoms with van der Waals surface area (Å²) in [5.74, 6) is -0.893. The van der Waals surface area contributed by atoms with Gasteiger partial charge in [0.25, 0.3) is 0 Å². The summed E-state index contributed by atoms with van der Waals surface area (Å²) in [5.41, 5.74) is 2.19. The molecular formula is C18H16N2O4. The number of amides is 1. The molecule has 0 aliphatic heterocycles. The van der Waals surface area contributed by atoms with E-state index in [4.69, 9.17) is 4.42 Å². The van der Waals surface area contributed by atoms with Crippen molar-refractivity contribution in [1.82, 2.24) is 4.57 Å². The fourth-order valence-electron chi connectivity index (χ4n) is 2.33. The van der Waals surface area contributed by atoms with Gasteiger partial charge in [-0.2, -0.15) is 0 Å². The standard InChI is InChI=1S/C18H16N2O4/c1-23-18(22)17-15(8-11-24-17)19-16(21)12-13-4-6-14(7-5-13)20-9-2-3-10-20/h2-11H,12H2,1H3,(H,19,21). The van der Waals surface area contributed by atoms with Gasteiger partial charge < -0.3 is 19.0 Å². The predicted octanol–water partition coefficient (Wildman–Crippen LogP) is 3.04. The molecule has 0 spiro atoms. The summed E-state index contributed by atoms with van der Waals surface area (Å²) >= 11 is 0. The molecule has 0 aliphatic rings. The van der Waals surface area contributed by atoms with Crippen LogP contribution in [0.2, 0.25) is 0 Å². The van der Waals surface area contributed by atoms with E-state index in [1.165, 1.54) is 19.4 Å². The maximum atomic E-state index is 12.1. The molecule has 0 unspecified atom stereocenters. The van der Waals surface area contributed by atoms with Crippen molar-refractivity contribution in [3.8, 4) is 5.69 Å². The summed E-state index contributed by atoms with van der Waals surface area (Å²) < 4.78 is 11.6. The smallest absolute Gasteiger partial charge is 0.376 e. The second-order valence-corrected chi connectivity index (χ2v) is 5.14. The molecule has 0 atom stereocenters. The molecule has 0 radical (unpaired) electrons. The van der Waals surface area contributed by atoms with Gasteiger partial charge in [0.1, 0.15) is 0 Å². The van der Waals surface area contributed by atoms with Crippen LogP contribution in [0.4, 0.5) is 5.69 Å². The number of anilines is 1. The Kier molecular flexibility index (Phi) is 4.47. The molecule has 1 aromatic carbocycles. The van der Waals surface area contributed by atoms with Gasteiger partial charge in [0.15, 0.2) is 0 Å². The average molecular weight is 324 g/mol. The number of furan rings is 1. The molecule has 1 N–H and O–H groups in total. The second kappa shape index (κ2) is 6.87. The molecule has 1 amide bonds. The van der Waals surface area contributed by atoms with Gasteiger partial charge in [0, 0.05) is 24.1 Å². The maximum Gasteiger partial charge on any atom is 0.376 e. The minimum Gasteiger partial charge on any atom is -0.463 e. The van der Waals surface area contributed by atoms with Gasteiger partial charge in [0.05, 0.1) is 25.5 Å². The predicted molar refractivity (Wildman–Crippen MR) is 88.2 cm³/mol. The van der Waals surface area contributed by atoms with Crippen LogP contribution in [0, 0.1) is 0 Å². The van der Waals surface area contributed by atoms with Gasteiger partial charge in [0.2, 0.25) is 11.7 Å². The van der Waals surface area contributed by atoms with E-state index in [0.29, 0.717) is 5.69 Å². The average Bonchev–Trinajstić information content (AvgIpc) is 3.26. The Morgan fingerprint density at radius 1 is 1.12 bits per heavy atom. The van der Waals surface area contributed by atoms with Crippen LogP contribution in [-0.4, -0.2) is 23.6 Å². The van der Waals surface area contributed by atoms with E-state index in [1.807, 2.05) is 53.4 Å². The zero-order chi connectivity index (χ0) is 16.9. The molecule has 0 fully saturated rings. The van der Waals surface area contributed by atoms with Crippen molar-refractivity contribution in [2.24, 2.45) is 0 Å². The van der Waals surface area contributed by atoms with Crippen LogP contribution < -0.4 is 5.32 Å². The van der Waals surface area contributed by atoms with Crippen molar-refractivity contribution in [2.75, 3.05) is 12.4 Å². The fraction of sp³-hybridized carbons (Fsp3) is 0.111. The molecular weight excluding hydrogens is 308 g/mol. The Morgan fingerprint density at radius 2 is 1.83 bits per heavy atom. The van der Waals surface area contributed by atoms with Crippen LogP contribution in [0.3, 0.4) is 0 Å². The summed E-state index contributed by atoms with van der Waals surface area (Å²) in [6.07, 6.45) is 5.43. The topological polar surface area (TPSA) is 73.5 Å². The van der Waals surface area contributed by atoms with E-state index in [1.54, 1.807) is 0 Å². The molecule has 2 aromatic heterocycles. The first-order valence-corrected chi connectivity index (χ1v) is 7.35. The quantitative estimate of drug-likeness (QED) is 0.732. The number of aromatic nitrogens is 1. The van der Waals surface area contributed by atoms with Crippen LogP contribution in [0.25, 0.3) is 5.69 Å². The number of carbonyl (C=O) groups excluding carboxylic acids is 2. The molecule has 0 aliphatic carbocycles. The highest BCUT2D eigenvalue weighted by atomic mass is 16.5. The minimum absolute atomic E-state index is 0.0196. The van der Waals surface area contributed by atoms with Crippen LogP contribution in [0.1, 0.15) is 16.1 Å². The highest BCUT2D eigenvalue weighted by molar-refractivity contribution is 5.99. The van der Waals surface area contributed by atoms with E-state index < -0.39 is 5.97 Å². The third-order valence-electron chi connectivity index (χ3n) is 3.51. The maximum absolute atomic E-state index is 12.1. The van der Waals surface area contributed by atoms with E-state index in [2.05, 4.69) is 10.1 Å². The minimum atomic E-state index is -0.633. The molecule has 6 heteroatoms. The van der Waals surface area contributed by atoms with E-state index in [-0.39, 0.29) is 18.1 Å². The number of benzene rings is 1. The molecule has 0 bridgehead atoms. The molecule has 0 saturated heterocycles. The molecule has 0 saturated carbocycles. The Bertz CT molecular complexity index is 832. The number of nitrogens with zero attached hydrogens (tertiary/aromatic N) is 1. The van der Waals surface area contributed by atoms with Gasteiger partial charge >= 0.3 is 5.97 Å². The first-order chi connectivity index (χ1) is 11.7. The van der Waals surface area contributed by atoms with Gasteiger partial charge in [-0.25, -0.2) is 4.79 Å². The molecule has 24 heavy (non-hydrogen) atoms. The Balaban J connectivity index is 1.65. The van der Waals surface area contributed by atoms with Crippen LogP contribution in [-0.2, 0) is 16.0 Å². The van der Waals surface area contributed by atoms with Gasteiger partial charge in [-0.3, -0.25) is 4.79 Å². The van der Waals surface area contributed by atoms with Crippen molar-refractivity contribution >= 4 is 17.6 Å². The van der Waals surface area contributed by atoms with Crippen molar-refractivity contribution < 1.29 is 18.7 Å². The molecule has 3 rings (SSSR count). The Morgan fingerprint density at radius 3 is 2.50 bits per heavy atom. The number of rotatable bonds is 5. The van der Waals surface area contributed by atoms with Crippen LogP contribution in [0.5, 0.6) is 0 Å². The normalized spacial score (nSPS) is 10.4. The van der Waals surface area contributed by atoms with Gasteiger partial charge in [-0.15, -0.1) is 0 Å². The number of carbonyl (C=O) groups is 2. The number of esters is 1. The zero-order valence-electron chi connectivity index (χ0n) is 13.1. The number of methoxy groups -OCH3 is 1. The number of ether oxygens (including phenoxy) is 1. The molecule has 122 valence electrons. The monoisotopic (exact) mass is 324 g/mol. The highest BCUT2D eigenvalue weighted by Gasteiger charge is 2.17. The van der Waals surface area contributed by atoms with Crippen molar-refractivity contribution in [3.05, 3.63) is 72.4 Å². The Hall–Kier alpha value is -3.28. The fourth-order valence-corrected chi connectivity index (χ4v) is 2.33. The first-order valence-electron chi connectivity index (χ1n) is 7.35. The lowest BCUT2D eigenvalue weighted by Gasteiger charge is -2.07. The lowest BCUT2D eigenvalue weighted by atomic mass is 10.1. The van der Waals surface area contributed by atoms with Crippen molar-refractivity contribution in [2.45, 2.75) is 6.42 Å². The van der Waals surface area contributed by atoms with E-state index in [0.717, 1.165) is 11.3 Å². The first kappa shape index (κ1) is 15.6. The second-order valence-electron chi connectivity index (χ2n) is 5.14. The lowest BCUT2D eigenvalue weighted by Crippen LogP contribution is -2.16. The summed E-state index contributed by atoms with van der Waals surface area (Å²) in [6.45, 7) is 0. The SMILES string of the molecule is COC(=O)c1occc1NC(=O)Cc1ccc(-n2cccc2)cc1. The zero-order valence-corrected chi connectivity index (χ0v) is 13.1. The molecule has 2 heterocycles. The van der Waals surface area contributed by atoms with E-state index >= 15 is 0 Å². The largest absolute Gasteiger partial charge is 0.463 e. The van der Waals surface area contributed by atoms with Gasteiger partial charge in [-0.05, 0) is 29.8 Å². The van der Waals surface area contributed by atoms with Crippen molar-refractivity contribution in [3.63, 3.8) is 0 Å². The Labute approximate surface area is 138 Å². The summed E-state index contributed by atoms with van der Waals surface area (Å²) in [6, 6.07) is 13.1. The van der Waals surface area contributed by atoms with Gasteiger partial charge in [-0.1, -0.05) is 12.1 Å². The number of nitrogens with one attached hydrogen (secondary N) is 1.